The molecule has 4 rings (SSSR count). The molecule has 3 aromatic rings. The largest absolute Gasteiger partial charge is 0.493 e. The van der Waals surface area contributed by atoms with Crippen LogP contribution in [-0.2, 0) is 13.0 Å². The van der Waals surface area contributed by atoms with Gasteiger partial charge in [0.25, 0.3) is 0 Å². The number of aromatic amines is 1. The van der Waals surface area contributed by atoms with E-state index in [2.05, 4.69) is 38.6 Å². The molecule has 0 atom stereocenters. The number of methoxy groups -OCH3 is 1. The highest BCUT2D eigenvalue weighted by molar-refractivity contribution is 5.69. The van der Waals surface area contributed by atoms with Crippen LogP contribution in [-0.4, -0.2) is 39.3 Å². The van der Waals surface area contributed by atoms with Crippen molar-refractivity contribution in [3.05, 3.63) is 41.4 Å². The molecule has 7 heteroatoms. The normalized spacial score (nSPS) is 15.2. The van der Waals surface area contributed by atoms with Crippen LogP contribution in [0.15, 0.2) is 29.5 Å². The highest BCUT2D eigenvalue weighted by atomic mass is 16.5. The summed E-state index contributed by atoms with van der Waals surface area (Å²) in [6.07, 6.45) is 8.75. The van der Waals surface area contributed by atoms with E-state index in [0.717, 1.165) is 65.2 Å². The van der Waals surface area contributed by atoms with Gasteiger partial charge in [0.2, 0.25) is 0 Å². The Morgan fingerprint density at radius 3 is 2.77 bits per heavy atom. The molecule has 160 valence electrons. The average molecular weight is 410 g/mol. The van der Waals surface area contributed by atoms with E-state index in [4.69, 9.17) is 14.5 Å². The quantitative estimate of drug-likeness (QED) is 0.610. The van der Waals surface area contributed by atoms with Crippen LogP contribution in [0, 0.1) is 0 Å². The molecule has 0 aliphatic heterocycles. The fraction of sp³-hybridized carbons (Fsp3) is 0.522. The molecular weight excluding hydrogens is 378 g/mol. The van der Waals surface area contributed by atoms with Crippen LogP contribution in [0.1, 0.15) is 57.3 Å². The lowest BCUT2D eigenvalue weighted by atomic mass is 10.2. The maximum Gasteiger partial charge on any atom is 0.176 e. The summed E-state index contributed by atoms with van der Waals surface area (Å²) in [5.74, 6) is 2.57. The van der Waals surface area contributed by atoms with Crippen LogP contribution in [0.2, 0.25) is 0 Å². The van der Waals surface area contributed by atoms with Crippen LogP contribution in [0.25, 0.3) is 11.2 Å². The Bertz CT molecular complexity index is 1060. The first-order valence-corrected chi connectivity index (χ1v) is 11.0. The van der Waals surface area contributed by atoms with Crippen molar-refractivity contribution < 1.29 is 9.47 Å². The minimum absolute atomic E-state index is 0.285. The topological polar surface area (TPSA) is 77.3 Å². The number of rotatable bonds is 8. The van der Waals surface area contributed by atoms with Crippen molar-refractivity contribution >= 4 is 11.2 Å². The summed E-state index contributed by atoms with van der Waals surface area (Å²) in [5.41, 5.74) is 3.63. The second kappa shape index (κ2) is 9.32. The first-order chi connectivity index (χ1) is 14.7. The second-order valence-corrected chi connectivity index (χ2v) is 7.81. The van der Waals surface area contributed by atoms with E-state index in [9.17, 15) is 0 Å². The molecule has 1 N–H and O–H groups in total. The standard InChI is InChI=1S/C23H31N5O2/c1-4-8-20-26-21-22(24-5-2)25-15-28(23(21)27-20)14-16-11-12-18(29-3)19(13-16)30-17-9-6-7-10-17/h11-13,15,17H,4-10,14H2,1-3H3,(H,26,27). The van der Waals surface area contributed by atoms with Crippen molar-refractivity contribution in [3.8, 4) is 11.5 Å². The summed E-state index contributed by atoms with van der Waals surface area (Å²) in [7, 11) is 1.69. The second-order valence-electron chi connectivity index (χ2n) is 7.81. The van der Waals surface area contributed by atoms with Crippen molar-refractivity contribution in [2.24, 2.45) is 4.99 Å². The number of ether oxygens (including phenoxy) is 2. The van der Waals surface area contributed by atoms with Crippen LogP contribution >= 0.6 is 0 Å². The minimum atomic E-state index is 0.285. The number of benzene rings is 1. The van der Waals surface area contributed by atoms with Gasteiger partial charge in [-0.05, 0) is 56.7 Å². The Balaban J connectivity index is 1.68. The zero-order valence-corrected chi connectivity index (χ0v) is 18.1. The van der Waals surface area contributed by atoms with E-state index in [1.54, 1.807) is 7.11 Å². The molecule has 1 aliphatic carbocycles. The summed E-state index contributed by atoms with van der Waals surface area (Å²) >= 11 is 0. The van der Waals surface area contributed by atoms with E-state index >= 15 is 0 Å². The van der Waals surface area contributed by atoms with Gasteiger partial charge in [0, 0.05) is 13.0 Å². The molecule has 0 spiro atoms. The number of nitrogens with zero attached hydrogens (tertiary/aromatic N) is 4. The van der Waals surface area contributed by atoms with E-state index < -0.39 is 0 Å². The lowest BCUT2D eigenvalue weighted by Gasteiger charge is -2.17. The van der Waals surface area contributed by atoms with Gasteiger partial charge >= 0.3 is 0 Å². The van der Waals surface area contributed by atoms with Crippen LogP contribution < -0.4 is 15.0 Å². The molecule has 0 unspecified atom stereocenters. The molecular formula is C23H31N5O2. The summed E-state index contributed by atoms with van der Waals surface area (Å²) < 4.78 is 13.9. The number of fused-ring (bicyclic) bond motifs is 1. The number of aromatic nitrogens is 4. The van der Waals surface area contributed by atoms with E-state index in [0.29, 0.717) is 13.1 Å². The molecule has 7 nitrogen and oxygen atoms in total. The molecule has 1 aromatic carbocycles. The van der Waals surface area contributed by atoms with Gasteiger partial charge in [-0.15, -0.1) is 0 Å². The van der Waals surface area contributed by atoms with E-state index in [1.165, 1.54) is 12.8 Å². The molecule has 0 bridgehead atoms. The first-order valence-electron chi connectivity index (χ1n) is 11.0. The van der Waals surface area contributed by atoms with Crippen LogP contribution in [0.3, 0.4) is 0 Å². The maximum absolute atomic E-state index is 6.26. The van der Waals surface area contributed by atoms with Crippen LogP contribution in [0.4, 0.5) is 0 Å². The Kier molecular flexibility index (Phi) is 6.35. The SMILES string of the molecule is CCCc1nc2c([nH]1)c(=NCC)ncn2Cc1ccc(OC)c(OC2CCCC2)c1. The number of aryl methyl sites for hydroxylation is 1. The smallest absolute Gasteiger partial charge is 0.176 e. The maximum atomic E-state index is 6.26. The van der Waals surface area contributed by atoms with E-state index in [1.807, 2.05) is 19.3 Å². The zero-order chi connectivity index (χ0) is 20.9. The van der Waals surface area contributed by atoms with Gasteiger partial charge in [-0.25, -0.2) is 9.97 Å². The summed E-state index contributed by atoms with van der Waals surface area (Å²) in [6, 6.07) is 6.14. The van der Waals surface area contributed by atoms with Gasteiger partial charge in [-0.2, -0.15) is 0 Å². The number of hydrogen-bond donors (Lipinski definition) is 1. The molecule has 30 heavy (non-hydrogen) atoms. The fourth-order valence-corrected chi connectivity index (χ4v) is 4.05. The Morgan fingerprint density at radius 1 is 1.20 bits per heavy atom. The fourth-order valence-electron chi connectivity index (χ4n) is 4.05. The first kappa shape index (κ1) is 20.4. The lowest BCUT2D eigenvalue weighted by molar-refractivity contribution is 0.200. The number of imidazole rings is 1. The predicted octanol–water partition coefficient (Wildman–Crippen LogP) is 4.01. The van der Waals surface area contributed by atoms with Crippen molar-refractivity contribution in [1.29, 1.82) is 0 Å². The van der Waals surface area contributed by atoms with Gasteiger partial charge in [0.05, 0.1) is 26.1 Å². The predicted molar refractivity (Wildman–Crippen MR) is 117 cm³/mol. The minimum Gasteiger partial charge on any atom is -0.493 e. The van der Waals surface area contributed by atoms with Gasteiger partial charge in [-0.3, -0.25) is 4.99 Å². The summed E-state index contributed by atoms with van der Waals surface area (Å²) in [5, 5.41) is 0. The Labute approximate surface area is 177 Å². The van der Waals surface area contributed by atoms with Crippen molar-refractivity contribution in [1.82, 2.24) is 19.5 Å². The number of hydrogen-bond acceptors (Lipinski definition) is 5. The van der Waals surface area contributed by atoms with Crippen molar-refractivity contribution in [2.75, 3.05) is 13.7 Å². The molecule has 1 saturated carbocycles. The van der Waals surface area contributed by atoms with Gasteiger partial charge in [0.1, 0.15) is 11.3 Å². The highest BCUT2D eigenvalue weighted by Gasteiger charge is 2.19. The highest BCUT2D eigenvalue weighted by Crippen LogP contribution is 2.32. The molecule has 2 heterocycles. The molecule has 1 aliphatic rings. The van der Waals surface area contributed by atoms with Crippen molar-refractivity contribution in [3.63, 3.8) is 0 Å². The van der Waals surface area contributed by atoms with Crippen LogP contribution in [0.5, 0.6) is 11.5 Å². The van der Waals surface area contributed by atoms with Gasteiger partial charge < -0.3 is 19.0 Å². The van der Waals surface area contributed by atoms with Gasteiger partial charge in [0.15, 0.2) is 22.6 Å². The number of H-pyrrole nitrogens is 1. The third kappa shape index (κ3) is 4.35. The summed E-state index contributed by atoms with van der Waals surface area (Å²) in [6.45, 7) is 5.51. The third-order valence-electron chi connectivity index (χ3n) is 5.52. The van der Waals surface area contributed by atoms with Crippen molar-refractivity contribution in [2.45, 2.75) is 65.0 Å². The third-order valence-corrected chi connectivity index (χ3v) is 5.52. The lowest BCUT2D eigenvalue weighted by Crippen LogP contribution is -2.15. The number of nitrogens with one attached hydrogen (secondary N) is 1. The molecule has 0 radical (unpaired) electrons. The molecule has 2 aromatic heterocycles. The average Bonchev–Trinajstić information content (AvgIpc) is 3.41. The molecule has 0 amide bonds. The zero-order valence-electron chi connectivity index (χ0n) is 18.1. The Morgan fingerprint density at radius 2 is 2.03 bits per heavy atom. The molecule has 0 saturated heterocycles. The monoisotopic (exact) mass is 409 g/mol. The summed E-state index contributed by atoms with van der Waals surface area (Å²) in [4.78, 5) is 17.3. The Hall–Kier alpha value is -2.83. The molecule has 1 fully saturated rings. The van der Waals surface area contributed by atoms with E-state index in [-0.39, 0.29) is 6.10 Å². The van der Waals surface area contributed by atoms with Gasteiger partial charge in [-0.1, -0.05) is 13.0 Å².